The number of nitrogens with zero attached hydrogens (tertiary/aromatic N) is 2. The number of para-hydroxylation sites is 1. The van der Waals surface area contributed by atoms with Crippen molar-refractivity contribution in [1.29, 1.82) is 0 Å². The molecular weight excluding hydrogens is 446 g/mol. The summed E-state index contributed by atoms with van der Waals surface area (Å²) in [5.74, 6) is -0.224. The Kier molecular flexibility index (Phi) is 8.61. The van der Waals surface area contributed by atoms with Crippen LogP contribution in [-0.2, 0) is 16.0 Å². The van der Waals surface area contributed by atoms with Gasteiger partial charge < -0.3 is 10.6 Å². The van der Waals surface area contributed by atoms with Crippen LogP contribution in [0.3, 0.4) is 0 Å². The molecule has 1 aliphatic rings. The van der Waals surface area contributed by atoms with E-state index in [0.29, 0.717) is 12.8 Å². The Bertz CT molecular complexity index is 1190. The molecule has 3 aromatic rings. The average Bonchev–Trinajstić information content (AvgIpc) is 2.95. The predicted molar refractivity (Wildman–Crippen MR) is 140 cm³/mol. The van der Waals surface area contributed by atoms with Gasteiger partial charge in [0.2, 0.25) is 11.8 Å². The molecule has 4 rings (SSSR count). The SMILES string of the molecule is CC(C)N1C(=O)CN=C(c2ccccc2)c2ccccc21.Cc1cc(Cl)ccc1CCC(N)=O. The summed E-state index contributed by atoms with van der Waals surface area (Å²) in [6.45, 7) is 6.23. The molecule has 5 nitrogen and oxygen atoms in total. The summed E-state index contributed by atoms with van der Waals surface area (Å²) in [6.07, 6.45) is 1.08. The summed E-state index contributed by atoms with van der Waals surface area (Å²) < 4.78 is 0. The van der Waals surface area contributed by atoms with E-state index in [1.165, 1.54) is 0 Å². The van der Waals surface area contributed by atoms with Gasteiger partial charge in [0, 0.05) is 28.6 Å². The number of carbonyl (C=O) groups excluding carboxylic acids is 2. The maximum atomic E-state index is 12.4. The Labute approximate surface area is 206 Å². The van der Waals surface area contributed by atoms with Crippen LogP contribution < -0.4 is 10.6 Å². The van der Waals surface area contributed by atoms with Gasteiger partial charge in [-0.15, -0.1) is 0 Å². The van der Waals surface area contributed by atoms with Crippen molar-refractivity contribution in [2.45, 2.75) is 39.7 Å². The van der Waals surface area contributed by atoms with Gasteiger partial charge in [-0.1, -0.05) is 66.2 Å². The standard InChI is InChI=1S/C18H18N2O.C10H12ClNO/c1-13(2)20-16-11-7-6-10-15(16)18(19-12-17(20)21)14-8-4-3-5-9-14;1-7-6-9(11)4-2-8(7)3-5-10(12)13/h3-11,13H,12H2,1-2H3;2,4,6H,3,5H2,1H3,(H2,12,13). The third-order valence-corrected chi connectivity index (χ3v) is 5.80. The molecule has 0 bridgehead atoms. The van der Waals surface area contributed by atoms with E-state index in [0.717, 1.165) is 38.7 Å². The number of halogens is 1. The molecule has 0 unspecified atom stereocenters. The maximum absolute atomic E-state index is 12.4. The molecule has 0 spiro atoms. The molecule has 0 aliphatic carbocycles. The van der Waals surface area contributed by atoms with Crippen LogP contribution in [0.5, 0.6) is 0 Å². The number of aryl methyl sites for hydroxylation is 2. The van der Waals surface area contributed by atoms with Crippen molar-refractivity contribution in [2.75, 3.05) is 11.4 Å². The van der Waals surface area contributed by atoms with Gasteiger partial charge in [0.15, 0.2) is 0 Å². The van der Waals surface area contributed by atoms with Crippen molar-refractivity contribution in [3.05, 3.63) is 100 Å². The Morgan fingerprint density at radius 2 is 1.74 bits per heavy atom. The fraction of sp³-hybridized carbons (Fsp3) is 0.250. The highest BCUT2D eigenvalue weighted by Gasteiger charge is 2.26. The number of hydrogen-bond acceptors (Lipinski definition) is 3. The highest BCUT2D eigenvalue weighted by atomic mass is 35.5. The molecule has 0 saturated carbocycles. The van der Waals surface area contributed by atoms with Crippen molar-refractivity contribution in [3.8, 4) is 0 Å². The van der Waals surface area contributed by atoms with Gasteiger partial charge in [-0.3, -0.25) is 14.6 Å². The molecule has 2 amide bonds. The first-order valence-electron chi connectivity index (χ1n) is 11.3. The minimum atomic E-state index is -0.269. The Morgan fingerprint density at radius 1 is 1.06 bits per heavy atom. The van der Waals surface area contributed by atoms with Crippen LogP contribution in [0.2, 0.25) is 5.02 Å². The number of benzodiazepines with no additional fused rings is 1. The molecular formula is C28H30ClN3O2. The van der Waals surface area contributed by atoms with E-state index in [1.807, 2.05) is 98.5 Å². The van der Waals surface area contributed by atoms with Crippen molar-refractivity contribution < 1.29 is 9.59 Å². The van der Waals surface area contributed by atoms with Gasteiger partial charge in [-0.05, 0) is 56.5 Å². The van der Waals surface area contributed by atoms with E-state index in [4.69, 9.17) is 17.3 Å². The number of carbonyl (C=O) groups is 2. The van der Waals surface area contributed by atoms with Crippen LogP contribution >= 0.6 is 11.6 Å². The van der Waals surface area contributed by atoms with E-state index in [-0.39, 0.29) is 24.4 Å². The van der Waals surface area contributed by atoms with Gasteiger partial charge in [-0.2, -0.15) is 0 Å². The molecule has 0 saturated heterocycles. The van der Waals surface area contributed by atoms with Gasteiger partial charge in [-0.25, -0.2) is 0 Å². The Morgan fingerprint density at radius 3 is 2.38 bits per heavy atom. The summed E-state index contributed by atoms with van der Waals surface area (Å²) in [5.41, 5.74) is 11.2. The number of hydrogen-bond donors (Lipinski definition) is 1. The first-order chi connectivity index (χ1) is 16.3. The molecule has 176 valence electrons. The van der Waals surface area contributed by atoms with Gasteiger partial charge in [0.1, 0.15) is 6.54 Å². The lowest BCUT2D eigenvalue weighted by atomic mass is 10.00. The second-order valence-corrected chi connectivity index (χ2v) is 8.88. The van der Waals surface area contributed by atoms with E-state index >= 15 is 0 Å². The fourth-order valence-corrected chi connectivity index (χ4v) is 4.16. The number of primary amides is 1. The molecule has 1 aliphatic heterocycles. The quantitative estimate of drug-likeness (QED) is 0.540. The average molecular weight is 476 g/mol. The van der Waals surface area contributed by atoms with Crippen molar-refractivity contribution >= 4 is 34.8 Å². The van der Waals surface area contributed by atoms with Crippen LogP contribution in [0.15, 0.2) is 77.8 Å². The van der Waals surface area contributed by atoms with Gasteiger partial charge in [0.05, 0.1) is 11.4 Å². The summed E-state index contributed by atoms with van der Waals surface area (Å²) in [4.78, 5) is 29.4. The monoisotopic (exact) mass is 475 g/mol. The molecule has 0 aromatic heterocycles. The van der Waals surface area contributed by atoms with E-state index in [2.05, 4.69) is 4.99 Å². The van der Waals surface area contributed by atoms with Crippen molar-refractivity contribution in [1.82, 2.24) is 0 Å². The van der Waals surface area contributed by atoms with E-state index in [9.17, 15) is 9.59 Å². The van der Waals surface area contributed by atoms with Crippen LogP contribution in [-0.4, -0.2) is 30.1 Å². The minimum absolute atomic E-state index is 0.0448. The Balaban J connectivity index is 0.000000215. The fourth-order valence-electron chi connectivity index (χ4n) is 3.93. The smallest absolute Gasteiger partial charge is 0.248 e. The highest BCUT2D eigenvalue weighted by molar-refractivity contribution is 6.30. The van der Waals surface area contributed by atoms with Crippen LogP contribution in [0, 0.1) is 6.92 Å². The number of nitrogens with two attached hydrogens (primary N) is 1. The number of amides is 2. The number of anilines is 1. The first kappa shape index (κ1) is 25.2. The molecule has 6 heteroatoms. The molecule has 1 heterocycles. The summed E-state index contributed by atoms with van der Waals surface area (Å²) in [5, 5.41) is 0.723. The van der Waals surface area contributed by atoms with E-state index in [1.54, 1.807) is 0 Å². The number of benzene rings is 3. The molecule has 0 fully saturated rings. The van der Waals surface area contributed by atoms with Crippen LogP contribution in [0.25, 0.3) is 0 Å². The van der Waals surface area contributed by atoms with Gasteiger partial charge >= 0.3 is 0 Å². The summed E-state index contributed by atoms with van der Waals surface area (Å²) in [7, 11) is 0. The van der Waals surface area contributed by atoms with Crippen LogP contribution in [0.1, 0.15) is 42.5 Å². The van der Waals surface area contributed by atoms with Crippen LogP contribution in [0.4, 0.5) is 5.69 Å². The van der Waals surface area contributed by atoms with Gasteiger partial charge in [0.25, 0.3) is 0 Å². The normalized spacial score (nSPS) is 12.9. The largest absolute Gasteiger partial charge is 0.370 e. The topological polar surface area (TPSA) is 75.8 Å². The molecule has 2 N–H and O–H groups in total. The maximum Gasteiger partial charge on any atom is 0.248 e. The minimum Gasteiger partial charge on any atom is -0.370 e. The van der Waals surface area contributed by atoms with Crippen molar-refractivity contribution in [3.63, 3.8) is 0 Å². The number of rotatable bonds is 5. The van der Waals surface area contributed by atoms with E-state index < -0.39 is 0 Å². The lowest BCUT2D eigenvalue weighted by Gasteiger charge is -2.26. The zero-order valence-corrected chi connectivity index (χ0v) is 20.5. The summed E-state index contributed by atoms with van der Waals surface area (Å²) in [6, 6.07) is 23.8. The second kappa shape index (κ2) is 11.6. The van der Waals surface area contributed by atoms with Crippen molar-refractivity contribution in [2.24, 2.45) is 10.7 Å². The third-order valence-electron chi connectivity index (χ3n) is 5.57. The summed E-state index contributed by atoms with van der Waals surface area (Å²) >= 11 is 5.79. The lowest BCUT2D eigenvalue weighted by molar-refractivity contribution is -0.118. The number of fused-ring (bicyclic) bond motifs is 1. The Hall–Kier alpha value is -3.44. The molecule has 34 heavy (non-hydrogen) atoms. The second-order valence-electron chi connectivity index (χ2n) is 8.44. The zero-order chi connectivity index (χ0) is 24.7. The lowest BCUT2D eigenvalue weighted by Crippen LogP contribution is -2.38. The predicted octanol–water partition coefficient (Wildman–Crippen LogP) is 5.35. The first-order valence-corrected chi connectivity index (χ1v) is 11.7. The third kappa shape index (κ3) is 6.33. The molecule has 3 aromatic carbocycles. The highest BCUT2D eigenvalue weighted by Crippen LogP contribution is 2.28. The molecule has 0 atom stereocenters. The zero-order valence-electron chi connectivity index (χ0n) is 19.8. The molecule has 0 radical (unpaired) electrons. The number of aliphatic imine (C=N–C) groups is 1.